The Labute approximate surface area is 113 Å². The number of benzene rings is 1. The number of furan rings is 1. The third-order valence-corrected chi connectivity index (χ3v) is 2.76. The maximum atomic E-state index is 10.7. The van der Waals surface area contributed by atoms with Crippen LogP contribution >= 0.6 is 0 Å². The molecule has 0 radical (unpaired) electrons. The molecule has 1 unspecified atom stereocenters. The fraction of sp³-hybridized carbons (Fsp3) is 0.154. The van der Waals surface area contributed by atoms with Crippen molar-refractivity contribution < 1.29 is 19.2 Å². The van der Waals surface area contributed by atoms with Gasteiger partial charge in [-0.15, -0.1) is 0 Å². The van der Waals surface area contributed by atoms with E-state index in [1.54, 1.807) is 24.3 Å². The van der Waals surface area contributed by atoms with Crippen LogP contribution in [0.3, 0.4) is 0 Å². The number of hydrogen-bond donors (Lipinski definition) is 2. The van der Waals surface area contributed by atoms with Crippen molar-refractivity contribution in [2.75, 3.05) is 0 Å². The summed E-state index contributed by atoms with van der Waals surface area (Å²) in [5, 5.41) is 19.3. The first-order valence-electron chi connectivity index (χ1n) is 5.79. The highest BCUT2D eigenvalue weighted by Gasteiger charge is 2.15. The fourth-order valence-corrected chi connectivity index (χ4v) is 1.69. The van der Waals surface area contributed by atoms with Crippen LogP contribution in [-0.2, 0) is 11.2 Å². The number of hydrogen-bond acceptors (Lipinski definition) is 5. The van der Waals surface area contributed by atoms with E-state index in [9.17, 15) is 14.9 Å². The van der Waals surface area contributed by atoms with Crippen LogP contribution in [0.25, 0.3) is 11.3 Å². The van der Waals surface area contributed by atoms with Crippen molar-refractivity contribution in [3.63, 3.8) is 0 Å². The molecule has 3 N–H and O–H groups in total. The quantitative estimate of drug-likeness (QED) is 0.634. The molecule has 2 aromatic rings. The van der Waals surface area contributed by atoms with Crippen molar-refractivity contribution in [1.82, 2.24) is 0 Å². The van der Waals surface area contributed by atoms with Gasteiger partial charge in [0.25, 0.3) is 5.69 Å². The summed E-state index contributed by atoms with van der Waals surface area (Å²) >= 11 is 0. The van der Waals surface area contributed by atoms with Crippen molar-refractivity contribution in [3.8, 4) is 11.3 Å². The molecular formula is C13H12N2O5. The molecule has 0 bridgehead atoms. The van der Waals surface area contributed by atoms with Gasteiger partial charge in [0.15, 0.2) is 0 Å². The Bertz CT molecular complexity index is 632. The summed E-state index contributed by atoms with van der Waals surface area (Å²) in [5.41, 5.74) is 6.08. The van der Waals surface area contributed by atoms with Crippen LogP contribution in [0.4, 0.5) is 5.69 Å². The second-order valence-corrected chi connectivity index (χ2v) is 4.22. The number of nitro benzene ring substituents is 1. The molecule has 0 aliphatic heterocycles. The second-order valence-electron chi connectivity index (χ2n) is 4.22. The van der Waals surface area contributed by atoms with Crippen LogP contribution in [0, 0.1) is 10.1 Å². The minimum atomic E-state index is -1.10. The van der Waals surface area contributed by atoms with Gasteiger partial charge in [0, 0.05) is 24.1 Å². The Morgan fingerprint density at radius 2 is 1.95 bits per heavy atom. The predicted octanol–water partition coefficient (Wildman–Crippen LogP) is 1.81. The topological polar surface area (TPSA) is 120 Å². The molecule has 0 amide bonds. The number of carboxylic acid groups (broad SMARTS) is 1. The number of rotatable bonds is 5. The summed E-state index contributed by atoms with van der Waals surface area (Å²) in [4.78, 5) is 20.7. The molecule has 0 saturated carbocycles. The first-order chi connectivity index (χ1) is 9.47. The highest BCUT2D eigenvalue weighted by atomic mass is 16.6. The Hall–Kier alpha value is -2.67. The number of nitrogens with zero attached hydrogens (tertiary/aromatic N) is 1. The van der Waals surface area contributed by atoms with Gasteiger partial charge in [0.1, 0.15) is 17.6 Å². The molecule has 20 heavy (non-hydrogen) atoms. The van der Waals surface area contributed by atoms with Crippen LogP contribution in [0.2, 0.25) is 0 Å². The van der Waals surface area contributed by atoms with E-state index in [1.165, 1.54) is 12.1 Å². The van der Waals surface area contributed by atoms with Crippen molar-refractivity contribution in [1.29, 1.82) is 0 Å². The van der Waals surface area contributed by atoms with Gasteiger partial charge in [-0.25, -0.2) is 0 Å². The Morgan fingerprint density at radius 3 is 2.50 bits per heavy atom. The zero-order valence-electron chi connectivity index (χ0n) is 10.4. The van der Waals surface area contributed by atoms with E-state index < -0.39 is 16.9 Å². The normalized spacial score (nSPS) is 12.1. The lowest BCUT2D eigenvalue weighted by atomic mass is 10.1. The van der Waals surface area contributed by atoms with E-state index in [2.05, 4.69) is 0 Å². The minimum absolute atomic E-state index is 0.00608. The van der Waals surface area contributed by atoms with Gasteiger partial charge in [-0.05, 0) is 24.3 Å². The van der Waals surface area contributed by atoms with E-state index in [0.717, 1.165) is 0 Å². The summed E-state index contributed by atoms with van der Waals surface area (Å²) in [6.07, 6.45) is 0.0856. The van der Waals surface area contributed by atoms with Gasteiger partial charge in [-0.1, -0.05) is 0 Å². The maximum Gasteiger partial charge on any atom is 0.320 e. The molecule has 1 aromatic heterocycles. The molecule has 104 valence electrons. The molecule has 0 aliphatic rings. The number of carbonyl (C=O) groups is 1. The van der Waals surface area contributed by atoms with Gasteiger partial charge in [-0.3, -0.25) is 14.9 Å². The van der Waals surface area contributed by atoms with Crippen LogP contribution < -0.4 is 5.73 Å². The Morgan fingerprint density at radius 1 is 1.30 bits per heavy atom. The van der Waals surface area contributed by atoms with Gasteiger partial charge in [-0.2, -0.15) is 0 Å². The zero-order chi connectivity index (χ0) is 14.7. The van der Waals surface area contributed by atoms with E-state index in [-0.39, 0.29) is 12.1 Å². The van der Waals surface area contributed by atoms with Gasteiger partial charge < -0.3 is 15.3 Å². The molecule has 1 atom stereocenters. The summed E-state index contributed by atoms with van der Waals surface area (Å²) < 4.78 is 5.48. The highest BCUT2D eigenvalue weighted by Crippen LogP contribution is 2.24. The monoisotopic (exact) mass is 276 g/mol. The average Bonchev–Trinajstić information content (AvgIpc) is 2.87. The van der Waals surface area contributed by atoms with Gasteiger partial charge in [0.05, 0.1) is 4.92 Å². The van der Waals surface area contributed by atoms with Crippen LogP contribution in [0.15, 0.2) is 40.8 Å². The Kier molecular flexibility index (Phi) is 3.81. The number of aliphatic carboxylic acids is 1. The smallest absolute Gasteiger partial charge is 0.320 e. The third-order valence-electron chi connectivity index (χ3n) is 2.76. The van der Waals surface area contributed by atoms with E-state index >= 15 is 0 Å². The number of carboxylic acids is 1. The fourth-order valence-electron chi connectivity index (χ4n) is 1.69. The van der Waals surface area contributed by atoms with Gasteiger partial charge in [0.2, 0.25) is 0 Å². The van der Waals surface area contributed by atoms with Crippen LogP contribution in [0.5, 0.6) is 0 Å². The molecule has 0 aliphatic carbocycles. The SMILES string of the molecule is NC(Cc1ccc(-c2ccc([N+](=O)[O-])cc2)o1)C(=O)O. The lowest BCUT2D eigenvalue weighted by Gasteiger charge is -2.02. The number of nitro groups is 1. The Balaban J connectivity index is 2.16. The second kappa shape index (κ2) is 5.54. The van der Waals surface area contributed by atoms with Crippen molar-refractivity contribution in [2.45, 2.75) is 12.5 Å². The summed E-state index contributed by atoms with van der Waals surface area (Å²) in [7, 11) is 0. The summed E-state index contributed by atoms with van der Waals surface area (Å²) in [5.74, 6) is -0.140. The van der Waals surface area contributed by atoms with Crippen LogP contribution in [0.1, 0.15) is 5.76 Å². The average molecular weight is 276 g/mol. The molecule has 0 saturated heterocycles. The first kappa shape index (κ1) is 13.8. The molecule has 7 heteroatoms. The molecule has 0 spiro atoms. The van der Waals surface area contributed by atoms with Crippen molar-refractivity contribution in [3.05, 3.63) is 52.3 Å². The van der Waals surface area contributed by atoms with Crippen LogP contribution in [-0.4, -0.2) is 22.0 Å². The van der Waals surface area contributed by atoms with Gasteiger partial charge >= 0.3 is 5.97 Å². The molecule has 2 rings (SSSR count). The summed E-state index contributed by atoms with van der Waals surface area (Å²) in [6, 6.07) is 8.17. The van der Waals surface area contributed by atoms with E-state index in [0.29, 0.717) is 17.1 Å². The lowest BCUT2D eigenvalue weighted by Crippen LogP contribution is -2.32. The zero-order valence-corrected chi connectivity index (χ0v) is 10.4. The molecule has 1 heterocycles. The molecule has 0 fully saturated rings. The predicted molar refractivity (Wildman–Crippen MR) is 70.1 cm³/mol. The lowest BCUT2D eigenvalue weighted by molar-refractivity contribution is -0.384. The largest absolute Gasteiger partial charge is 0.480 e. The van der Waals surface area contributed by atoms with E-state index in [1.807, 2.05) is 0 Å². The van der Waals surface area contributed by atoms with E-state index in [4.69, 9.17) is 15.3 Å². The highest BCUT2D eigenvalue weighted by molar-refractivity contribution is 5.73. The number of nitrogens with two attached hydrogens (primary N) is 1. The first-order valence-corrected chi connectivity index (χ1v) is 5.79. The maximum absolute atomic E-state index is 10.7. The molecular weight excluding hydrogens is 264 g/mol. The molecule has 1 aromatic carbocycles. The van der Waals surface area contributed by atoms with Crippen molar-refractivity contribution >= 4 is 11.7 Å². The summed E-state index contributed by atoms with van der Waals surface area (Å²) in [6.45, 7) is 0. The third kappa shape index (κ3) is 3.01. The molecule has 7 nitrogen and oxygen atoms in total. The van der Waals surface area contributed by atoms with Crippen molar-refractivity contribution in [2.24, 2.45) is 5.73 Å². The standard InChI is InChI=1S/C13H12N2O5/c14-11(13(16)17)7-10-5-6-12(20-10)8-1-3-9(4-2-8)15(18)19/h1-6,11H,7,14H2,(H,16,17). The minimum Gasteiger partial charge on any atom is -0.480 e. The number of non-ortho nitro benzene ring substituents is 1.